The topological polar surface area (TPSA) is 68.3 Å². The average Bonchev–Trinajstić information content (AvgIpc) is 2.62. The Morgan fingerprint density at radius 1 is 0.962 bits per heavy atom. The van der Waals surface area contributed by atoms with Crippen LogP contribution in [0.1, 0.15) is 26.3 Å². The zero-order valence-corrected chi connectivity index (χ0v) is 15.5. The van der Waals surface area contributed by atoms with Crippen molar-refractivity contribution >= 4 is 0 Å². The lowest BCUT2D eigenvalue weighted by Gasteiger charge is -2.21. The van der Waals surface area contributed by atoms with Crippen LogP contribution in [0.2, 0.25) is 0 Å². The minimum Gasteiger partial charge on any atom is -0.486 e. The number of nitriles is 1. The molecule has 2 aromatic carbocycles. The highest BCUT2D eigenvalue weighted by Gasteiger charge is 2.21. The van der Waals surface area contributed by atoms with Crippen molar-refractivity contribution < 1.29 is 18.3 Å². The van der Waals surface area contributed by atoms with Crippen LogP contribution in [0.15, 0.2) is 30.3 Å². The number of hydrogen-bond acceptors (Lipinski definition) is 4. The van der Waals surface area contributed by atoms with Gasteiger partial charge < -0.3 is 15.2 Å². The van der Waals surface area contributed by atoms with E-state index < -0.39 is 11.6 Å². The molecule has 3 rings (SSSR count). The average molecular weight is 362 g/mol. The zero-order chi connectivity index (χ0) is 19.7. The third-order valence-electron chi connectivity index (χ3n) is 3.00. The summed E-state index contributed by atoms with van der Waals surface area (Å²) in [5.41, 5.74) is 5.42. The summed E-state index contributed by atoms with van der Waals surface area (Å²) < 4.78 is 37.7. The molecule has 1 heterocycles. The minimum absolute atomic E-state index is 0.118. The molecule has 26 heavy (non-hydrogen) atoms. The Balaban J connectivity index is 0.000000500. The van der Waals surface area contributed by atoms with Gasteiger partial charge in [-0.2, -0.15) is 5.26 Å². The van der Waals surface area contributed by atoms with Crippen LogP contribution in [0, 0.1) is 28.9 Å². The van der Waals surface area contributed by atoms with E-state index in [1.807, 2.05) is 6.07 Å². The molecule has 0 bridgehead atoms. The number of nitrogens with two attached hydrogens (primary N) is 1. The molecule has 0 spiro atoms. The molecule has 0 aliphatic carbocycles. The first-order valence-electron chi connectivity index (χ1n) is 8.29. The molecule has 0 radical (unpaired) electrons. The molecule has 1 aliphatic heterocycles. The van der Waals surface area contributed by atoms with Gasteiger partial charge in [0.25, 0.3) is 0 Å². The van der Waals surface area contributed by atoms with Gasteiger partial charge in [0.2, 0.25) is 0 Å². The fourth-order valence-corrected chi connectivity index (χ4v) is 2.16. The van der Waals surface area contributed by atoms with Crippen LogP contribution in [0.5, 0.6) is 11.5 Å². The number of fused-ring (bicyclic) bond motifs is 1. The van der Waals surface area contributed by atoms with Crippen LogP contribution < -0.4 is 15.2 Å². The van der Waals surface area contributed by atoms with Gasteiger partial charge in [-0.3, -0.25) is 0 Å². The SMILES string of the molecule is CC(C)C.CN.N#Cc1cc(F)ccc1-c1cc(F)cc2c1OCCO2. The molecule has 0 amide bonds. The Kier molecular flexibility index (Phi) is 8.53. The quantitative estimate of drug-likeness (QED) is 0.810. The van der Waals surface area contributed by atoms with Gasteiger partial charge >= 0.3 is 0 Å². The second-order valence-electron chi connectivity index (χ2n) is 6.01. The van der Waals surface area contributed by atoms with Crippen molar-refractivity contribution in [2.24, 2.45) is 11.7 Å². The van der Waals surface area contributed by atoms with Gasteiger partial charge in [-0.05, 0) is 37.2 Å². The van der Waals surface area contributed by atoms with Gasteiger partial charge in [-0.15, -0.1) is 0 Å². The molecule has 0 atom stereocenters. The predicted octanol–water partition coefficient (Wildman–Crippen LogP) is 4.51. The van der Waals surface area contributed by atoms with Crippen LogP contribution in [0.4, 0.5) is 8.78 Å². The monoisotopic (exact) mass is 362 g/mol. The zero-order valence-electron chi connectivity index (χ0n) is 15.5. The molecule has 1 aliphatic rings. The van der Waals surface area contributed by atoms with E-state index in [0.29, 0.717) is 35.8 Å². The standard InChI is InChI=1S/C15H9F2NO2.C4H10.CH5N/c16-10-1-2-12(9(5-10)8-18)13-6-11(17)7-14-15(13)20-4-3-19-14;1-4(2)3;1-2/h1-2,5-7H,3-4H2;4H,1-3H3;2H2,1H3. The summed E-state index contributed by atoms with van der Waals surface area (Å²) in [6.07, 6.45) is 0. The van der Waals surface area contributed by atoms with Crippen LogP contribution in [0.25, 0.3) is 11.1 Å². The van der Waals surface area contributed by atoms with Crippen LogP contribution in [-0.4, -0.2) is 20.3 Å². The summed E-state index contributed by atoms with van der Waals surface area (Å²) >= 11 is 0. The van der Waals surface area contributed by atoms with E-state index in [-0.39, 0.29) is 5.56 Å². The van der Waals surface area contributed by atoms with E-state index in [4.69, 9.17) is 14.7 Å². The van der Waals surface area contributed by atoms with Crippen molar-refractivity contribution in [3.8, 4) is 28.7 Å². The number of ether oxygens (including phenoxy) is 2. The summed E-state index contributed by atoms with van der Waals surface area (Å²) in [4.78, 5) is 0. The highest BCUT2D eigenvalue weighted by atomic mass is 19.1. The van der Waals surface area contributed by atoms with Gasteiger partial charge in [0.05, 0.1) is 11.6 Å². The van der Waals surface area contributed by atoms with Crippen LogP contribution >= 0.6 is 0 Å². The molecule has 0 aromatic heterocycles. The number of rotatable bonds is 1. The predicted molar refractivity (Wildman–Crippen MR) is 98.1 cm³/mol. The maximum atomic E-state index is 13.7. The second kappa shape index (κ2) is 10.4. The van der Waals surface area contributed by atoms with Crippen molar-refractivity contribution in [1.29, 1.82) is 5.26 Å². The van der Waals surface area contributed by atoms with Crippen molar-refractivity contribution in [2.75, 3.05) is 20.3 Å². The smallest absolute Gasteiger partial charge is 0.169 e. The Morgan fingerprint density at radius 3 is 2.19 bits per heavy atom. The van der Waals surface area contributed by atoms with Crippen molar-refractivity contribution in [2.45, 2.75) is 20.8 Å². The maximum absolute atomic E-state index is 13.7. The Bertz CT molecular complexity index is 768. The molecule has 0 saturated carbocycles. The number of nitrogens with zero attached hydrogens (tertiary/aromatic N) is 1. The van der Waals surface area contributed by atoms with E-state index in [9.17, 15) is 8.78 Å². The lowest BCUT2D eigenvalue weighted by atomic mass is 9.98. The molecule has 0 fully saturated rings. The molecule has 0 unspecified atom stereocenters. The first kappa shape index (κ1) is 21.4. The van der Waals surface area contributed by atoms with E-state index in [1.165, 1.54) is 31.3 Å². The second-order valence-corrected chi connectivity index (χ2v) is 6.01. The molecular weight excluding hydrogens is 338 g/mol. The van der Waals surface area contributed by atoms with Gasteiger partial charge in [-0.25, -0.2) is 8.78 Å². The highest BCUT2D eigenvalue weighted by Crippen LogP contribution is 2.41. The van der Waals surface area contributed by atoms with Gasteiger partial charge in [0.15, 0.2) is 11.5 Å². The van der Waals surface area contributed by atoms with E-state index in [2.05, 4.69) is 26.5 Å². The van der Waals surface area contributed by atoms with E-state index in [1.54, 1.807) is 0 Å². The third-order valence-corrected chi connectivity index (χ3v) is 3.00. The molecule has 6 heteroatoms. The highest BCUT2D eigenvalue weighted by molar-refractivity contribution is 5.78. The maximum Gasteiger partial charge on any atom is 0.169 e. The summed E-state index contributed by atoms with van der Waals surface area (Å²) in [6.45, 7) is 7.18. The summed E-state index contributed by atoms with van der Waals surface area (Å²) in [6, 6.07) is 8.14. The van der Waals surface area contributed by atoms with Gasteiger partial charge in [-0.1, -0.05) is 20.8 Å². The number of hydrogen-bond donors (Lipinski definition) is 1. The number of benzene rings is 2. The lowest BCUT2D eigenvalue weighted by Crippen LogP contribution is -2.16. The summed E-state index contributed by atoms with van der Waals surface area (Å²) in [5.74, 6) is 0.477. The van der Waals surface area contributed by atoms with E-state index >= 15 is 0 Å². The number of halogens is 2. The first-order chi connectivity index (χ1) is 12.4. The Hall–Kier alpha value is -2.65. The van der Waals surface area contributed by atoms with Crippen molar-refractivity contribution in [3.63, 3.8) is 0 Å². The van der Waals surface area contributed by atoms with Crippen molar-refractivity contribution in [3.05, 3.63) is 47.5 Å². The molecule has 2 aromatic rings. The largest absolute Gasteiger partial charge is 0.486 e. The minimum atomic E-state index is -0.521. The molecule has 0 saturated heterocycles. The van der Waals surface area contributed by atoms with Gasteiger partial charge in [0, 0.05) is 17.2 Å². The Morgan fingerprint density at radius 2 is 1.58 bits per heavy atom. The lowest BCUT2D eigenvalue weighted by molar-refractivity contribution is 0.171. The van der Waals surface area contributed by atoms with Crippen molar-refractivity contribution in [1.82, 2.24) is 0 Å². The fraction of sp³-hybridized carbons (Fsp3) is 0.350. The molecule has 140 valence electrons. The van der Waals surface area contributed by atoms with Gasteiger partial charge in [0.1, 0.15) is 24.8 Å². The van der Waals surface area contributed by atoms with E-state index in [0.717, 1.165) is 12.0 Å². The fourth-order valence-electron chi connectivity index (χ4n) is 2.16. The molecule has 4 nitrogen and oxygen atoms in total. The van der Waals surface area contributed by atoms with Crippen LogP contribution in [0.3, 0.4) is 0 Å². The third kappa shape index (κ3) is 5.71. The normalized spacial score (nSPS) is 11.5. The van der Waals surface area contributed by atoms with Crippen LogP contribution in [-0.2, 0) is 0 Å². The molecular formula is C20H24F2N2O2. The first-order valence-corrected chi connectivity index (χ1v) is 8.29. The summed E-state index contributed by atoms with van der Waals surface area (Å²) in [5, 5.41) is 9.10. The summed E-state index contributed by atoms with van der Waals surface area (Å²) in [7, 11) is 1.50. The Labute approximate surface area is 153 Å². The molecule has 2 N–H and O–H groups in total.